The lowest BCUT2D eigenvalue weighted by Gasteiger charge is -2.25. The lowest BCUT2D eigenvalue weighted by atomic mass is 10.4. The van der Waals surface area contributed by atoms with Crippen molar-refractivity contribution in [3.63, 3.8) is 0 Å². The van der Waals surface area contributed by atoms with Crippen molar-refractivity contribution in [2.24, 2.45) is 0 Å². The molecule has 1 aliphatic rings. The Hall–Kier alpha value is -1.07. The van der Waals surface area contributed by atoms with Crippen molar-refractivity contribution in [1.82, 2.24) is 10.6 Å². The van der Waals surface area contributed by atoms with E-state index in [9.17, 15) is 0 Å². The predicted molar refractivity (Wildman–Crippen MR) is 52.0 cm³/mol. The zero-order valence-corrected chi connectivity index (χ0v) is 7.99. The molecule has 0 aliphatic carbocycles. The number of quaternary nitrogens is 1. The van der Waals surface area contributed by atoms with Crippen molar-refractivity contribution < 1.29 is 9.32 Å². The molecule has 2 heterocycles. The number of rotatable bonds is 2. The Morgan fingerprint density at radius 3 is 2.85 bits per heavy atom. The molecule has 0 radical (unpaired) electrons. The molecule has 1 aliphatic heterocycles. The molecule has 4 nitrogen and oxygen atoms in total. The van der Waals surface area contributed by atoms with Crippen molar-refractivity contribution >= 4 is 17.3 Å². The largest absolute Gasteiger partial charge is 0.463 e. The molecule has 0 saturated carbocycles. The van der Waals surface area contributed by atoms with E-state index in [0.717, 1.165) is 30.8 Å². The third-order valence-electron chi connectivity index (χ3n) is 2.00. The van der Waals surface area contributed by atoms with Crippen LogP contribution in [-0.2, 0) is 6.54 Å². The van der Waals surface area contributed by atoms with Gasteiger partial charge in [-0.25, -0.2) is 0 Å². The van der Waals surface area contributed by atoms with E-state index in [2.05, 4.69) is 10.6 Å². The maximum atomic E-state index is 5.25. The zero-order chi connectivity index (χ0) is 9.10. The molecule has 1 aromatic rings. The molecule has 2 rings (SSSR count). The minimum absolute atomic E-state index is 0.739. The molecule has 5 heteroatoms. The molecule has 0 amide bonds. The van der Waals surface area contributed by atoms with Crippen molar-refractivity contribution in [2.45, 2.75) is 6.54 Å². The van der Waals surface area contributed by atoms with Crippen LogP contribution in [0, 0.1) is 0 Å². The lowest BCUT2D eigenvalue weighted by Crippen LogP contribution is -3.16. The summed E-state index contributed by atoms with van der Waals surface area (Å²) in [5.74, 6) is 1.01. The second-order valence-electron chi connectivity index (χ2n) is 3.04. The quantitative estimate of drug-likeness (QED) is 0.536. The Bertz CT molecular complexity index is 276. The molecule has 0 bridgehead atoms. The Balaban J connectivity index is 1.86. The summed E-state index contributed by atoms with van der Waals surface area (Å²) in [5.41, 5.74) is 0. The molecule has 0 unspecified atom stereocenters. The highest BCUT2D eigenvalue weighted by Crippen LogP contribution is 1.96. The van der Waals surface area contributed by atoms with Gasteiger partial charge >= 0.3 is 0 Å². The van der Waals surface area contributed by atoms with Gasteiger partial charge in [0.15, 0.2) is 24.2 Å². The average Bonchev–Trinajstić information content (AvgIpc) is 2.62. The molecule has 1 fully saturated rings. The monoisotopic (exact) mass is 198 g/mol. The standard InChI is InChI=1S/C8H11N3OS/c13-8-9-5-11(6-10-8)4-7-2-1-3-12-7/h1-3H,4-6H2,(H2,9,10,13)/p+1. The second kappa shape index (κ2) is 3.76. The highest BCUT2D eigenvalue weighted by atomic mass is 32.1. The summed E-state index contributed by atoms with van der Waals surface area (Å²) in [5, 5.41) is 6.91. The fourth-order valence-electron chi connectivity index (χ4n) is 1.32. The van der Waals surface area contributed by atoms with Crippen molar-refractivity contribution in [3.8, 4) is 0 Å². The topological polar surface area (TPSA) is 41.6 Å². The van der Waals surface area contributed by atoms with Gasteiger partial charge < -0.3 is 15.1 Å². The Labute approximate surface area is 81.9 Å². The Morgan fingerprint density at radius 2 is 2.23 bits per heavy atom. The number of hydrogen-bond donors (Lipinski definition) is 3. The predicted octanol–water partition coefficient (Wildman–Crippen LogP) is -0.943. The minimum Gasteiger partial charge on any atom is -0.463 e. The first-order chi connectivity index (χ1) is 6.34. The normalized spacial score (nSPS) is 18.0. The third kappa shape index (κ3) is 2.19. The Morgan fingerprint density at radius 1 is 1.46 bits per heavy atom. The van der Waals surface area contributed by atoms with Gasteiger partial charge in [0.1, 0.15) is 6.54 Å². The van der Waals surface area contributed by atoms with E-state index in [-0.39, 0.29) is 0 Å². The van der Waals surface area contributed by atoms with Gasteiger partial charge in [-0.15, -0.1) is 0 Å². The van der Waals surface area contributed by atoms with E-state index in [1.54, 1.807) is 6.26 Å². The van der Waals surface area contributed by atoms with Crippen LogP contribution in [0.2, 0.25) is 0 Å². The number of nitrogens with one attached hydrogen (secondary N) is 3. The van der Waals surface area contributed by atoms with E-state index < -0.39 is 0 Å². The van der Waals surface area contributed by atoms with E-state index in [1.807, 2.05) is 12.1 Å². The summed E-state index contributed by atoms with van der Waals surface area (Å²) in [6.45, 7) is 2.59. The maximum Gasteiger partial charge on any atom is 0.174 e. The molecule has 1 saturated heterocycles. The number of furan rings is 1. The van der Waals surface area contributed by atoms with E-state index in [1.165, 1.54) is 4.90 Å². The van der Waals surface area contributed by atoms with Gasteiger partial charge in [0.05, 0.1) is 6.26 Å². The summed E-state index contributed by atoms with van der Waals surface area (Å²) in [6, 6.07) is 3.89. The van der Waals surface area contributed by atoms with Crippen LogP contribution in [0.15, 0.2) is 22.8 Å². The van der Waals surface area contributed by atoms with E-state index in [4.69, 9.17) is 16.6 Å². The first-order valence-corrected chi connectivity index (χ1v) is 4.63. The van der Waals surface area contributed by atoms with Gasteiger partial charge in [-0.2, -0.15) is 0 Å². The van der Waals surface area contributed by atoms with Crippen molar-refractivity contribution in [3.05, 3.63) is 24.2 Å². The van der Waals surface area contributed by atoms with Crippen LogP contribution in [-0.4, -0.2) is 18.4 Å². The van der Waals surface area contributed by atoms with Crippen LogP contribution < -0.4 is 15.5 Å². The molecule has 1 aromatic heterocycles. The van der Waals surface area contributed by atoms with Crippen LogP contribution in [0.5, 0.6) is 0 Å². The average molecular weight is 198 g/mol. The summed E-state index contributed by atoms with van der Waals surface area (Å²) >= 11 is 4.95. The second-order valence-corrected chi connectivity index (χ2v) is 3.45. The summed E-state index contributed by atoms with van der Waals surface area (Å²) in [4.78, 5) is 1.36. The summed E-state index contributed by atoms with van der Waals surface area (Å²) in [6.07, 6.45) is 1.70. The highest BCUT2D eigenvalue weighted by Gasteiger charge is 2.15. The van der Waals surface area contributed by atoms with E-state index >= 15 is 0 Å². The highest BCUT2D eigenvalue weighted by molar-refractivity contribution is 7.80. The van der Waals surface area contributed by atoms with Crippen molar-refractivity contribution in [1.29, 1.82) is 0 Å². The smallest absolute Gasteiger partial charge is 0.174 e. The number of hydrogen-bond acceptors (Lipinski definition) is 2. The minimum atomic E-state index is 0.739. The van der Waals surface area contributed by atoms with Crippen LogP contribution in [0.3, 0.4) is 0 Å². The first-order valence-electron chi connectivity index (χ1n) is 4.22. The summed E-state index contributed by atoms with van der Waals surface area (Å²) in [7, 11) is 0. The van der Waals surface area contributed by atoms with Crippen LogP contribution in [0.25, 0.3) is 0 Å². The molecule has 3 N–H and O–H groups in total. The van der Waals surface area contributed by atoms with Gasteiger partial charge in [0.2, 0.25) is 0 Å². The SMILES string of the molecule is S=C1NC[NH+](Cc2ccco2)CN1. The van der Waals surface area contributed by atoms with Crippen LogP contribution >= 0.6 is 12.2 Å². The van der Waals surface area contributed by atoms with Gasteiger partial charge in [0.25, 0.3) is 0 Å². The fourth-order valence-corrected chi connectivity index (χ4v) is 1.46. The molecular weight excluding hydrogens is 186 g/mol. The van der Waals surface area contributed by atoms with Crippen LogP contribution in [0.1, 0.15) is 5.76 Å². The summed E-state index contributed by atoms with van der Waals surface area (Å²) < 4.78 is 5.25. The number of thiocarbonyl (C=S) groups is 1. The van der Waals surface area contributed by atoms with Crippen molar-refractivity contribution in [2.75, 3.05) is 13.3 Å². The molecule has 0 atom stereocenters. The van der Waals surface area contributed by atoms with Gasteiger partial charge in [-0.3, -0.25) is 4.90 Å². The molecule has 0 spiro atoms. The molecule has 13 heavy (non-hydrogen) atoms. The maximum absolute atomic E-state index is 5.25. The van der Waals surface area contributed by atoms with Gasteiger partial charge in [-0.05, 0) is 24.4 Å². The molecular formula is C8H12N3OS+. The Kier molecular flexibility index (Phi) is 2.47. The first kappa shape index (κ1) is 8.52. The lowest BCUT2D eigenvalue weighted by molar-refractivity contribution is -0.921. The van der Waals surface area contributed by atoms with Gasteiger partial charge in [0, 0.05) is 0 Å². The third-order valence-corrected chi connectivity index (χ3v) is 2.29. The fraction of sp³-hybridized carbons (Fsp3) is 0.375. The zero-order valence-electron chi connectivity index (χ0n) is 7.17. The molecule has 0 aromatic carbocycles. The van der Waals surface area contributed by atoms with E-state index in [0.29, 0.717) is 0 Å². The van der Waals surface area contributed by atoms with Gasteiger partial charge in [-0.1, -0.05) is 0 Å². The van der Waals surface area contributed by atoms with Crippen LogP contribution in [0.4, 0.5) is 0 Å². The molecule has 70 valence electrons.